The van der Waals surface area contributed by atoms with Crippen molar-refractivity contribution < 1.29 is 19.0 Å². The molecule has 0 radical (unpaired) electrons. The van der Waals surface area contributed by atoms with Gasteiger partial charge >= 0.3 is 5.97 Å². The molecule has 0 amide bonds. The number of rotatable bonds is 4. The molecule has 0 aliphatic rings. The SMILES string of the molecule is O=C(O)c1cccc(Cl)c1OCc1cccc(F)c1. The molecule has 2 aromatic carbocycles. The third-order valence-electron chi connectivity index (χ3n) is 2.47. The van der Waals surface area contributed by atoms with Gasteiger partial charge in [0.05, 0.1) is 5.02 Å². The monoisotopic (exact) mass is 280 g/mol. The van der Waals surface area contributed by atoms with Gasteiger partial charge in [-0.2, -0.15) is 0 Å². The molecule has 0 heterocycles. The first-order valence-corrected chi connectivity index (χ1v) is 5.85. The highest BCUT2D eigenvalue weighted by molar-refractivity contribution is 6.32. The van der Waals surface area contributed by atoms with Crippen molar-refractivity contribution >= 4 is 17.6 Å². The fourth-order valence-corrected chi connectivity index (χ4v) is 1.84. The number of hydrogen-bond donors (Lipinski definition) is 1. The Bertz CT molecular complexity index is 613. The summed E-state index contributed by atoms with van der Waals surface area (Å²) < 4.78 is 18.4. The number of carboxylic acid groups (broad SMARTS) is 1. The topological polar surface area (TPSA) is 46.5 Å². The van der Waals surface area contributed by atoms with Crippen LogP contribution in [0.2, 0.25) is 5.02 Å². The molecule has 3 nitrogen and oxygen atoms in total. The van der Waals surface area contributed by atoms with Gasteiger partial charge in [0.25, 0.3) is 0 Å². The lowest BCUT2D eigenvalue weighted by Crippen LogP contribution is -2.04. The first-order valence-electron chi connectivity index (χ1n) is 5.47. The molecule has 1 N–H and O–H groups in total. The van der Waals surface area contributed by atoms with Crippen LogP contribution in [0.1, 0.15) is 15.9 Å². The van der Waals surface area contributed by atoms with Crippen molar-refractivity contribution in [2.75, 3.05) is 0 Å². The van der Waals surface area contributed by atoms with Crippen LogP contribution in [-0.4, -0.2) is 11.1 Å². The van der Waals surface area contributed by atoms with E-state index in [1.165, 1.54) is 30.3 Å². The molecule has 0 saturated carbocycles. The second-order valence-corrected chi connectivity index (χ2v) is 4.25. The summed E-state index contributed by atoms with van der Waals surface area (Å²) in [5.41, 5.74) is 0.570. The summed E-state index contributed by atoms with van der Waals surface area (Å²) in [5, 5.41) is 9.24. The van der Waals surface area contributed by atoms with E-state index >= 15 is 0 Å². The van der Waals surface area contributed by atoms with Gasteiger partial charge in [0.2, 0.25) is 0 Å². The standard InChI is InChI=1S/C14H10ClFO3/c15-12-6-2-5-11(14(17)18)13(12)19-8-9-3-1-4-10(16)7-9/h1-7H,8H2,(H,17,18). The molecule has 2 rings (SSSR count). The van der Waals surface area contributed by atoms with E-state index in [1.54, 1.807) is 12.1 Å². The predicted molar refractivity (Wildman–Crippen MR) is 69.1 cm³/mol. The van der Waals surface area contributed by atoms with E-state index < -0.39 is 5.97 Å². The maximum Gasteiger partial charge on any atom is 0.339 e. The molecular formula is C14H10ClFO3. The van der Waals surface area contributed by atoms with E-state index in [0.29, 0.717) is 5.56 Å². The fourth-order valence-electron chi connectivity index (χ4n) is 1.61. The summed E-state index contributed by atoms with van der Waals surface area (Å²) in [7, 11) is 0. The first-order chi connectivity index (χ1) is 9.08. The average molecular weight is 281 g/mol. The van der Waals surface area contributed by atoms with Crippen LogP contribution in [0.25, 0.3) is 0 Å². The van der Waals surface area contributed by atoms with Crippen molar-refractivity contribution in [3.63, 3.8) is 0 Å². The second kappa shape index (κ2) is 5.71. The van der Waals surface area contributed by atoms with Crippen molar-refractivity contribution in [3.05, 3.63) is 64.4 Å². The summed E-state index contributed by atoms with van der Waals surface area (Å²) in [6.45, 7) is 0.0434. The molecule has 0 saturated heterocycles. The van der Waals surface area contributed by atoms with Gasteiger partial charge in [-0.3, -0.25) is 0 Å². The number of carboxylic acids is 1. The van der Waals surface area contributed by atoms with Gasteiger partial charge in [0.1, 0.15) is 18.0 Å². The fraction of sp³-hybridized carbons (Fsp3) is 0.0714. The van der Waals surface area contributed by atoms with E-state index in [4.69, 9.17) is 21.4 Å². The zero-order valence-corrected chi connectivity index (χ0v) is 10.5. The lowest BCUT2D eigenvalue weighted by molar-refractivity contribution is 0.0691. The summed E-state index contributed by atoms with van der Waals surface area (Å²) in [6.07, 6.45) is 0. The Hall–Kier alpha value is -2.07. The summed E-state index contributed by atoms with van der Waals surface area (Å²) >= 11 is 5.91. The van der Waals surface area contributed by atoms with Crippen molar-refractivity contribution in [2.24, 2.45) is 0 Å². The molecule has 0 aromatic heterocycles. The smallest absolute Gasteiger partial charge is 0.339 e. The predicted octanol–water partition coefficient (Wildman–Crippen LogP) is 3.76. The Kier molecular flexibility index (Phi) is 4.02. The summed E-state index contributed by atoms with van der Waals surface area (Å²) in [6, 6.07) is 10.3. The molecule has 0 unspecified atom stereocenters. The van der Waals surface area contributed by atoms with Crippen molar-refractivity contribution in [1.82, 2.24) is 0 Å². The number of para-hydroxylation sites is 1. The van der Waals surface area contributed by atoms with Gasteiger partial charge in [0.15, 0.2) is 5.75 Å². The highest BCUT2D eigenvalue weighted by Gasteiger charge is 2.14. The average Bonchev–Trinajstić information content (AvgIpc) is 2.37. The molecule has 98 valence electrons. The van der Waals surface area contributed by atoms with Gasteiger partial charge in [-0.1, -0.05) is 29.8 Å². The molecule has 0 fully saturated rings. The minimum absolute atomic E-state index is 0.0242. The van der Waals surface area contributed by atoms with Crippen LogP contribution in [0.3, 0.4) is 0 Å². The zero-order chi connectivity index (χ0) is 13.8. The minimum atomic E-state index is -1.13. The molecular weight excluding hydrogens is 271 g/mol. The van der Waals surface area contributed by atoms with Crippen LogP contribution in [0.15, 0.2) is 42.5 Å². The van der Waals surface area contributed by atoms with Crippen molar-refractivity contribution in [2.45, 2.75) is 6.61 Å². The summed E-state index contributed by atoms with van der Waals surface area (Å²) in [4.78, 5) is 11.0. The van der Waals surface area contributed by atoms with Crippen molar-refractivity contribution in [3.8, 4) is 5.75 Å². The first kappa shape index (κ1) is 13.4. The molecule has 0 aliphatic carbocycles. The van der Waals surface area contributed by atoms with E-state index in [-0.39, 0.29) is 28.8 Å². The molecule has 0 bridgehead atoms. The maximum absolute atomic E-state index is 13.0. The number of aromatic carboxylic acids is 1. The number of hydrogen-bond acceptors (Lipinski definition) is 2. The van der Waals surface area contributed by atoms with Crippen LogP contribution in [0, 0.1) is 5.82 Å². The highest BCUT2D eigenvalue weighted by Crippen LogP contribution is 2.29. The van der Waals surface area contributed by atoms with Gasteiger partial charge in [0, 0.05) is 0 Å². The number of halogens is 2. The van der Waals surface area contributed by atoms with Crippen molar-refractivity contribution in [1.29, 1.82) is 0 Å². The zero-order valence-electron chi connectivity index (χ0n) is 9.77. The third kappa shape index (κ3) is 3.23. The maximum atomic E-state index is 13.0. The second-order valence-electron chi connectivity index (χ2n) is 3.84. The normalized spacial score (nSPS) is 10.2. The molecule has 0 aliphatic heterocycles. The lowest BCUT2D eigenvalue weighted by Gasteiger charge is -2.10. The third-order valence-corrected chi connectivity index (χ3v) is 2.77. The molecule has 0 atom stereocenters. The Labute approximate surface area is 114 Å². The highest BCUT2D eigenvalue weighted by atomic mass is 35.5. The van der Waals surface area contributed by atoms with Gasteiger partial charge in [-0.15, -0.1) is 0 Å². The van der Waals surface area contributed by atoms with Gasteiger partial charge in [-0.05, 0) is 29.8 Å². The number of carbonyl (C=O) groups is 1. The van der Waals surface area contributed by atoms with E-state index in [0.717, 1.165) is 0 Å². The largest absolute Gasteiger partial charge is 0.486 e. The number of ether oxygens (including phenoxy) is 1. The number of benzene rings is 2. The van der Waals surface area contributed by atoms with Crippen LogP contribution in [0.4, 0.5) is 4.39 Å². The van der Waals surface area contributed by atoms with Gasteiger partial charge in [-0.25, -0.2) is 9.18 Å². The Morgan fingerprint density at radius 2 is 2.00 bits per heavy atom. The van der Waals surface area contributed by atoms with E-state index in [2.05, 4.69) is 0 Å². The minimum Gasteiger partial charge on any atom is -0.486 e. The van der Waals surface area contributed by atoms with Crippen LogP contribution < -0.4 is 4.74 Å². The quantitative estimate of drug-likeness (QED) is 0.927. The molecule has 2 aromatic rings. The van der Waals surface area contributed by atoms with E-state index in [9.17, 15) is 9.18 Å². The molecule has 19 heavy (non-hydrogen) atoms. The van der Waals surface area contributed by atoms with Crippen LogP contribution in [0.5, 0.6) is 5.75 Å². The Morgan fingerprint density at radius 3 is 2.68 bits per heavy atom. The molecule has 0 spiro atoms. The Morgan fingerprint density at radius 1 is 1.26 bits per heavy atom. The lowest BCUT2D eigenvalue weighted by atomic mass is 10.2. The van der Waals surface area contributed by atoms with Crippen LogP contribution >= 0.6 is 11.6 Å². The van der Waals surface area contributed by atoms with Crippen LogP contribution in [-0.2, 0) is 6.61 Å². The summed E-state index contributed by atoms with van der Waals surface area (Å²) in [5.74, 6) is -1.42. The van der Waals surface area contributed by atoms with E-state index in [1.807, 2.05) is 0 Å². The van der Waals surface area contributed by atoms with Gasteiger partial charge < -0.3 is 9.84 Å². The molecule has 5 heteroatoms. The Balaban J connectivity index is 2.22.